The highest BCUT2D eigenvalue weighted by molar-refractivity contribution is 7.92. The van der Waals surface area contributed by atoms with E-state index in [1.807, 2.05) is 6.07 Å². The Morgan fingerprint density at radius 2 is 2.00 bits per heavy atom. The quantitative estimate of drug-likeness (QED) is 0.387. The Bertz CT molecular complexity index is 1130. The zero-order valence-electron chi connectivity index (χ0n) is 17.4. The van der Waals surface area contributed by atoms with Crippen LogP contribution in [0.2, 0.25) is 0 Å². The van der Waals surface area contributed by atoms with Crippen LogP contribution in [0.3, 0.4) is 0 Å². The summed E-state index contributed by atoms with van der Waals surface area (Å²) >= 11 is 0. The molecule has 0 aliphatic heterocycles. The van der Waals surface area contributed by atoms with Crippen LogP contribution in [-0.2, 0) is 25.8 Å². The monoisotopic (exact) mass is 431 g/mol. The van der Waals surface area contributed by atoms with Gasteiger partial charge in [-0.1, -0.05) is 35.8 Å². The van der Waals surface area contributed by atoms with Crippen molar-refractivity contribution < 1.29 is 17.9 Å². The molecule has 1 saturated carbocycles. The molecule has 160 valence electrons. The van der Waals surface area contributed by atoms with Crippen LogP contribution in [-0.4, -0.2) is 27.7 Å². The summed E-state index contributed by atoms with van der Waals surface area (Å²) in [6.07, 6.45) is 6.30. The molecular weight excluding hydrogens is 406 g/mol. The molecule has 0 spiro atoms. The SMILES string of the molecule is COc1c(NS(C)(=O)=O)cc(C2(C)CC2)cc1C1(N=[N+]=[N-])CC(C(N)=O)=CC=C1C. The lowest BCUT2D eigenvalue weighted by Gasteiger charge is -2.35. The third-order valence-electron chi connectivity index (χ3n) is 5.90. The van der Waals surface area contributed by atoms with E-state index in [1.54, 1.807) is 25.1 Å². The van der Waals surface area contributed by atoms with Crippen LogP contribution in [0.4, 0.5) is 5.69 Å². The smallest absolute Gasteiger partial charge is 0.244 e. The second kappa shape index (κ2) is 7.37. The van der Waals surface area contributed by atoms with E-state index in [2.05, 4.69) is 21.7 Å². The van der Waals surface area contributed by atoms with Gasteiger partial charge in [-0.05, 0) is 48.8 Å². The van der Waals surface area contributed by atoms with Crippen molar-refractivity contribution >= 4 is 21.6 Å². The third kappa shape index (κ3) is 3.88. The number of hydrogen-bond donors (Lipinski definition) is 2. The molecule has 0 radical (unpaired) electrons. The minimum absolute atomic E-state index is 0.0452. The molecule has 1 aromatic rings. The van der Waals surface area contributed by atoms with Crippen LogP contribution in [0.25, 0.3) is 10.4 Å². The van der Waals surface area contributed by atoms with Crippen LogP contribution in [0, 0.1) is 0 Å². The van der Waals surface area contributed by atoms with E-state index in [0.717, 1.165) is 24.7 Å². The second-order valence-corrected chi connectivity index (χ2v) is 9.92. The van der Waals surface area contributed by atoms with E-state index in [-0.39, 0.29) is 23.3 Å². The minimum Gasteiger partial charge on any atom is -0.494 e. The van der Waals surface area contributed by atoms with Crippen molar-refractivity contribution in [2.45, 2.75) is 44.1 Å². The largest absolute Gasteiger partial charge is 0.494 e. The first kappa shape index (κ1) is 21.7. The van der Waals surface area contributed by atoms with Gasteiger partial charge in [-0.2, -0.15) is 0 Å². The van der Waals surface area contributed by atoms with Crippen molar-refractivity contribution in [3.8, 4) is 5.75 Å². The predicted molar refractivity (Wildman–Crippen MR) is 115 cm³/mol. The number of ether oxygens (including phenoxy) is 1. The fourth-order valence-corrected chi connectivity index (χ4v) is 4.37. The highest BCUT2D eigenvalue weighted by Crippen LogP contribution is 2.54. The minimum atomic E-state index is -3.60. The summed E-state index contributed by atoms with van der Waals surface area (Å²) in [7, 11) is -2.18. The number of nitrogens with one attached hydrogen (secondary N) is 1. The molecule has 3 N–H and O–H groups in total. The normalized spacial score (nSPS) is 22.3. The number of azide groups is 1. The van der Waals surface area contributed by atoms with Gasteiger partial charge in [0.15, 0.2) is 0 Å². The Balaban J connectivity index is 2.35. The Morgan fingerprint density at radius 1 is 1.33 bits per heavy atom. The summed E-state index contributed by atoms with van der Waals surface area (Å²) in [5, 5.41) is 4.10. The van der Waals surface area contributed by atoms with Gasteiger partial charge in [-0.3, -0.25) is 9.52 Å². The van der Waals surface area contributed by atoms with Crippen molar-refractivity contribution in [2.24, 2.45) is 10.8 Å². The number of nitrogens with two attached hydrogens (primary N) is 1. The summed E-state index contributed by atoms with van der Waals surface area (Å²) in [4.78, 5) is 14.9. The van der Waals surface area contributed by atoms with E-state index >= 15 is 0 Å². The van der Waals surface area contributed by atoms with E-state index in [0.29, 0.717) is 16.7 Å². The molecule has 1 aromatic carbocycles. The number of amides is 1. The standard InChI is InChI=1S/C20H25N5O4S/c1-12-5-6-13(18(21)26)11-20(12,24-25-22)15-9-14(19(2)7-8-19)10-16(17(15)29-3)23-30(4,27)28/h5-6,9-10,23H,7-8,11H2,1-4H3,(H2,21,26). The summed E-state index contributed by atoms with van der Waals surface area (Å²) in [5.74, 6) is -0.380. The number of rotatable bonds is 7. The molecule has 1 amide bonds. The molecule has 2 aliphatic carbocycles. The van der Waals surface area contributed by atoms with Gasteiger partial charge in [0.25, 0.3) is 0 Å². The predicted octanol–water partition coefficient (Wildman–Crippen LogP) is 3.39. The first-order valence-electron chi connectivity index (χ1n) is 9.40. The maximum atomic E-state index is 12.0. The van der Waals surface area contributed by atoms with Crippen LogP contribution in [0.5, 0.6) is 5.75 Å². The third-order valence-corrected chi connectivity index (χ3v) is 6.49. The lowest BCUT2D eigenvalue weighted by molar-refractivity contribution is -0.114. The molecule has 2 aliphatic rings. The Kier molecular flexibility index (Phi) is 5.34. The Labute approximate surface area is 175 Å². The number of methoxy groups -OCH3 is 1. The fourth-order valence-electron chi connectivity index (χ4n) is 3.81. The number of allylic oxidation sites excluding steroid dienone is 2. The van der Waals surface area contributed by atoms with E-state index < -0.39 is 21.5 Å². The number of sulfonamides is 1. The summed E-state index contributed by atoms with van der Waals surface area (Å²) in [6.45, 7) is 3.87. The number of anilines is 1. The first-order chi connectivity index (χ1) is 14.0. The fraction of sp³-hybridized carbons (Fsp3) is 0.450. The molecule has 0 aromatic heterocycles. The number of benzene rings is 1. The molecule has 0 saturated heterocycles. The van der Waals surface area contributed by atoms with E-state index in [1.165, 1.54) is 7.11 Å². The van der Waals surface area contributed by atoms with Crippen molar-refractivity contribution in [1.29, 1.82) is 0 Å². The number of primary amides is 1. The second-order valence-electron chi connectivity index (χ2n) is 8.17. The topological polar surface area (TPSA) is 147 Å². The Morgan fingerprint density at radius 3 is 2.50 bits per heavy atom. The number of hydrogen-bond acceptors (Lipinski definition) is 5. The van der Waals surface area contributed by atoms with Crippen LogP contribution < -0.4 is 15.2 Å². The molecule has 3 rings (SSSR count). The highest BCUT2D eigenvalue weighted by atomic mass is 32.2. The van der Waals surface area contributed by atoms with Gasteiger partial charge in [0.05, 0.1) is 19.1 Å². The van der Waals surface area contributed by atoms with Gasteiger partial charge in [-0.15, -0.1) is 0 Å². The zero-order valence-corrected chi connectivity index (χ0v) is 18.2. The Hall–Kier alpha value is -2.97. The molecule has 1 atom stereocenters. The van der Waals surface area contributed by atoms with Gasteiger partial charge in [0.1, 0.15) is 11.3 Å². The van der Waals surface area contributed by atoms with Crippen molar-refractivity contribution in [1.82, 2.24) is 0 Å². The average Bonchev–Trinajstić information content (AvgIpc) is 3.40. The summed E-state index contributed by atoms with van der Waals surface area (Å²) in [6, 6.07) is 3.64. The molecular formula is C20H25N5O4S. The van der Waals surface area contributed by atoms with Gasteiger partial charge >= 0.3 is 0 Å². The van der Waals surface area contributed by atoms with Gasteiger partial charge in [0.2, 0.25) is 15.9 Å². The first-order valence-corrected chi connectivity index (χ1v) is 11.3. The van der Waals surface area contributed by atoms with E-state index in [4.69, 9.17) is 10.5 Å². The number of carbonyl (C=O) groups is 1. The van der Waals surface area contributed by atoms with Crippen molar-refractivity contribution in [2.75, 3.05) is 18.1 Å². The van der Waals surface area contributed by atoms with Gasteiger partial charge < -0.3 is 10.5 Å². The lowest BCUT2D eigenvalue weighted by Crippen LogP contribution is -2.32. The average molecular weight is 432 g/mol. The molecule has 0 heterocycles. The van der Waals surface area contributed by atoms with Crippen LogP contribution in [0.1, 0.15) is 44.2 Å². The van der Waals surface area contributed by atoms with E-state index in [9.17, 15) is 18.7 Å². The molecule has 1 fully saturated rings. The maximum Gasteiger partial charge on any atom is 0.244 e. The van der Waals surface area contributed by atoms with Crippen molar-refractivity contribution in [3.63, 3.8) is 0 Å². The molecule has 9 nitrogen and oxygen atoms in total. The van der Waals surface area contributed by atoms with Gasteiger partial charge in [0, 0.05) is 16.0 Å². The molecule has 1 unspecified atom stereocenters. The number of nitrogens with zero attached hydrogens (tertiary/aromatic N) is 3. The van der Waals surface area contributed by atoms with Gasteiger partial charge in [-0.25, -0.2) is 8.42 Å². The summed E-state index contributed by atoms with van der Waals surface area (Å²) < 4.78 is 32.1. The lowest BCUT2D eigenvalue weighted by atomic mass is 9.74. The molecule has 0 bridgehead atoms. The molecule has 30 heavy (non-hydrogen) atoms. The zero-order chi connectivity index (χ0) is 22.3. The van der Waals surface area contributed by atoms with Crippen LogP contribution in [0.15, 0.2) is 40.5 Å². The maximum absolute atomic E-state index is 12.0. The molecule has 10 heteroatoms. The number of carbonyl (C=O) groups excluding carboxylic acids is 1. The summed E-state index contributed by atoms with van der Waals surface area (Å²) in [5.41, 5.74) is 16.1. The highest BCUT2D eigenvalue weighted by Gasteiger charge is 2.44. The van der Waals surface area contributed by atoms with Crippen molar-refractivity contribution in [3.05, 3.63) is 57.0 Å². The van der Waals surface area contributed by atoms with Crippen LogP contribution >= 0.6 is 0 Å².